The van der Waals surface area contributed by atoms with E-state index in [0.717, 1.165) is 0 Å². The van der Waals surface area contributed by atoms with Crippen LogP contribution in [0.2, 0.25) is 0 Å². The van der Waals surface area contributed by atoms with Crippen molar-refractivity contribution in [1.29, 1.82) is 0 Å². The van der Waals surface area contributed by atoms with Crippen molar-refractivity contribution < 1.29 is 13.9 Å². The summed E-state index contributed by atoms with van der Waals surface area (Å²) in [6.45, 7) is 0. The number of carbonyl (C=O) groups excluding carboxylic acids is 1. The Morgan fingerprint density at radius 3 is 2.83 bits per heavy atom. The van der Waals surface area contributed by atoms with Crippen molar-refractivity contribution in [2.24, 2.45) is 0 Å². The predicted octanol–water partition coefficient (Wildman–Crippen LogP) is 2.06. The van der Waals surface area contributed by atoms with Crippen LogP contribution in [0.3, 0.4) is 0 Å². The molecule has 0 bridgehead atoms. The van der Waals surface area contributed by atoms with Crippen molar-refractivity contribution in [1.82, 2.24) is 20.2 Å². The van der Waals surface area contributed by atoms with Crippen molar-refractivity contribution in [2.45, 2.75) is 0 Å². The molecule has 0 fully saturated rings. The first kappa shape index (κ1) is 14.6. The van der Waals surface area contributed by atoms with Gasteiger partial charge in [0.05, 0.1) is 7.11 Å². The van der Waals surface area contributed by atoms with Crippen molar-refractivity contribution in [3.8, 4) is 11.4 Å². The standard InChI is InChI=1S/C15H12FN5O2/c1-23-14-8-12(5-6-13(14)21-9-17-19-20-21)18-15(22)10-3-2-4-11(16)7-10/h2-9H,1H3,(H,18,22). The van der Waals surface area contributed by atoms with Crippen LogP contribution in [0, 0.1) is 5.82 Å². The average Bonchev–Trinajstić information content (AvgIpc) is 3.09. The molecule has 1 aromatic heterocycles. The first-order valence-electron chi connectivity index (χ1n) is 6.65. The van der Waals surface area contributed by atoms with Gasteiger partial charge in [-0.15, -0.1) is 5.10 Å². The Hall–Kier alpha value is -3.29. The summed E-state index contributed by atoms with van der Waals surface area (Å²) in [5.74, 6) is -0.402. The van der Waals surface area contributed by atoms with Crippen molar-refractivity contribution >= 4 is 11.6 Å². The molecule has 7 nitrogen and oxygen atoms in total. The number of tetrazole rings is 1. The lowest BCUT2D eigenvalue weighted by molar-refractivity contribution is 0.102. The fraction of sp³-hybridized carbons (Fsp3) is 0.0667. The Morgan fingerprint density at radius 2 is 2.13 bits per heavy atom. The normalized spacial score (nSPS) is 10.3. The van der Waals surface area contributed by atoms with Gasteiger partial charge in [-0.2, -0.15) is 4.68 Å². The Morgan fingerprint density at radius 1 is 1.26 bits per heavy atom. The van der Waals surface area contributed by atoms with Crippen LogP contribution in [0.5, 0.6) is 5.75 Å². The number of amides is 1. The third-order valence-electron chi connectivity index (χ3n) is 3.12. The Bertz CT molecular complexity index is 836. The summed E-state index contributed by atoms with van der Waals surface area (Å²) >= 11 is 0. The predicted molar refractivity (Wildman–Crippen MR) is 80.1 cm³/mol. The van der Waals surface area contributed by atoms with Gasteiger partial charge in [0, 0.05) is 17.3 Å². The van der Waals surface area contributed by atoms with E-state index >= 15 is 0 Å². The minimum atomic E-state index is -0.468. The molecule has 0 radical (unpaired) electrons. The van der Waals surface area contributed by atoms with Crippen LogP contribution in [-0.2, 0) is 0 Å². The quantitative estimate of drug-likeness (QED) is 0.797. The number of ether oxygens (including phenoxy) is 1. The topological polar surface area (TPSA) is 81.9 Å². The summed E-state index contributed by atoms with van der Waals surface area (Å²) in [6, 6.07) is 10.5. The average molecular weight is 313 g/mol. The summed E-state index contributed by atoms with van der Waals surface area (Å²) in [6.07, 6.45) is 1.43. The van der Waals surface area contributed by atoms with E-state index in [0.29, 0.717) is 17.1 Å². The number of halogens is 1. The van der Waals surface area contributed by atoms with Gasteiger partial charge in [-0.3, -0.25) is 4.79 Å². The molecule has 8 heteroatoms. The van der Waals surface area contributed by atoms with Gasteiger partial charge < -0.3 is 10.1 Å². The molecule has 0 saturated carbocycles. The van der Waals surface area contributed by atoms with Crippen LogP contribution in [0.15, 0.2) is 48.8 Å². The van der Waals surface area contributed by atoms with Gasteiger partial charge in [0.2, 0.25) is 0 Å². The summed E-state index contributed by atoms with van der Waals surface area (Å²) in [5.41, 5.74) is 1.36. The maximum atomic E-state index is 13.2. The maximum Gasteiger partial charge on any atom is 0.255 e. The number of aromatic nitrogens is 4. The van der Waals surface area contributed by atoms with Crippen LogP contribution in [0.4, 0.5) is 10.1 Å². The summed E-state index contributed by atoms with van der Waals surface area (Å²) in [5, 5.41) is 13.6. The zero-order chi connectivity index (χ0) is 16.2. The van der Waals surface area contributed by atoms with E-state index in [1.807, 2.05) is 0 Å². The number of nitrogens with zero attached hydrogens (tertiary/aromatic N) is 4. The van der Waals surface area contributed by atoms with Gasteiger partial charge in [0.25, 0.3) is 5.91 Å². The highest BCUT2D eigenvalue weighted by atomic mass is 19.1. The highest BCUT2D eigenvalue weighted by Gasteiger charge is 2.11. The molecule has 0 aliphatic heterocycles. The van der Waals surface area contributed by atoms with Crippen LogP contribution >= 0.6 is 0 Å². The van der Waals surface area contributed by atoms with Gasteiger partial charge in [0.1, 0.15) is 23.6 Å². The van der Waals surface area contributed by atoms with E-state index in [4.69, 9.17) is 4.74 Å². The summed E-state index contributed by atoms with van der Waals surface area (Å²) < 4.78 is 19.9. The number of rotatable bonds is 4. The third-order valence-corrected chi connectivity index (χ3v) is 3.12. The largest absolute Gasteiger partial charge is 0.494 e. The monoisotopic (exact) mass is 313 g/mol. The zero-order valence-electron chi connectivity index (χ0n) is 12.1. The number of carbonyl (C=O) groups is 1. The molecule has 0 spiro atoms. The molecule has 0 saturated heterocycles. The second-order valence-corrected chi connectivity index (χ2v) is 4.61. The number of nitrogens with one attached hydrogen (secondary N) is 1. The summed E-state index contributed by atoms with van der Waals surface area (Å²) in [4.78, 5) is 12.1. The fourth-order valence-corrected chi connectivity index (χ4v) is 2.05. The number of anilines is 1. The first-order valence-corrected chi connectivity index (χ1v) is 6.65. The zero-order valence-corrected chi connectivity index (χ0v) is 12.1. The Balaban J connectivity index is 1.85. The minimum Gasteiger partial charge on any atom is -0.494 e. The number of hydrogen-bond acceptors (Lipinski definition) is 5. The molecule has 1 amide bonds. The Labute approximate surface area is 130 Å². The molecular weight excluding hydrogens is 301 g/mol. The van der Waals surface area contributed by atoms with Crippen LogP contribution < -0.4 is 10.1 Å². The second-order valence-electron chi connectivity index (χ2n) is 4.61. The Kier molecular flexibility index (Phi) is 3.96. The lowest BCUT2D eigenvalue weighted by Crippen LogP contribution is -2.12. The van der Waals surface area contributed by atoms with Crippen molar-refractivity contribution in [3.63, 3.8) is 0 Å². The molecule has 3 rings (SSSR count). The molecule has 0 unspecified atom stereocenters. The first-order chi connectivity index (χ1) is 11.2. The molecule has 1 N–H and O–H groups in total. The lowest BCUT2D eigenvalue weighted by Gasteiger charge is -2.11. The SMILES string of the molecule is COc1cc(NC(=O)c2cccc(F)c2)ccc1-n1cnnn1. The molecule has 1 heterocycles. The van der Waals surface area contributed by atoms with Crippen LogP contribution in [-0.4, -0.2) is 33.2 Å². The molecular formula is C15H12FN5O2. The number of methoxy groups -OCH3 is 1. The molecule has 3 aromatic rings. The van der Waals surface area contributed by atoms with Crippen LogP contribution in [0.25, 0.3) is 5.69 Å². The highest BCUT2D eigenvalue weighted by molar-refractivity contribution is 6.04. The van der Waals surface area contributed by atoms with E-state index < -0.39 is 11.7 Å². The van der Waals surface area contributed by atoms with Gasteiger partial charge >= 0.3 is 0 Å². The van der Waals surface area contributed by atoms with Crippen molar-refractivity contribution in [3.05, 3.63) is 60.2 Å². The smallest absolute Gasteiger partial charge is 0.255 e. The molecule has 23 heavy (non-hydrogen) atoms. The van der Waals surface area contributed by atoms with Gasteiger partial charge in [0.15, 0.2) is 0 Å². The lowest BCUT2D eigenvalue weighted by atomic mass is 10.2. The third kappa shape index (κ3) is 3.15. The van der Waals surface area contributed by atoms with E-state index in [2.05, 4.69) is 20.8 Å². The van der Waals surface area contributed by atoms with Crippen LogP contribution in [0.1, 0.15) is 10.4 Å². The van der Waals surface area contributed by atoms with Crippen molar-refractivity contribution in [2.75, 3.05) is 12.4 Å². The molecule has 0 atom stereocenters. The van der Waals surface area contributed by atoms with E-state index in [1.54, 1.807) is 18.2 Å². The number of benzene rings is 2. The van der Waals surface area contributed by atoms with Gasteiger partial charge in [-0.1, -0.05) is 6.07 Å². The molecule has 0 aliphatic rings. The van der Waals surface area contributed by atoms with Gasteiger partial charge in [-0.05, 0) is 40.8 Å². The maximum absolute atomic E-state index is 13.2. The fourth-order valence-electron chi connectivity index (χ4n) is 2.05. The molecule has 2 aromatic carbocycles. The summed E-state index contributed by atoms with van der Waals surface area (Å²) in [7, 11) is 1.50. The van der Waals surface area contributed by atoms with Gasteiger partial charge in [-0.25, -0.2) is 4.39 Å². The molecule has 116 valence electrons. The number of hydrogen-bond donors (Lipinski definition) is 1. The van der Waals surface area contributed by atoms with E-state index in [1.165, 1.54) is 42.4 Å². The van der Waals surface area contributed by atoms with E-state index in [9.17, 15) is 9.18 Å². The van der Waals surface area contributed by atoms with E-state index in [-0.39, 0.29) is 5.56 Å². The molecule has 0 aliphatic carbocycles. The second kappa shape index (κ2) is 6.22. The minimum absolute atomic E-state index is 0.230. The highest BCUT2D eigenvalue weighted by Crippen LogP contribution is 2.26.